The molecule has 19 nitrogen and oxygen atoms in total. The first kappa shape index (κ1) is 66.2. The summed E-state index contributed by atoms with van der Waals surface area (Å²) in [6.07, 6.45) is 10.5. The molecule has 0 atom stereocenters. The van der Waals surface area contributed by atoms with Gasteiger partial charge in [-0.15, -0.1) is 0 Å². The van der Waals surface area contributed by atoms with Crippen molar-refractivity contribution in [1.29, 1.82) is 0 Å². The van der Waals surface area contributed by atoms with Crippen LogP contribution in [0.1, 0.15) is 58.3 Å². The van der Waals surface area contributed by atoms with Crippen LogP contribution in [0.2, 0.25) is 6.32 Å². The molecule has 23 heteroatoms. The number of amides is 1. The van der Waals surface area contributed by atoms with Crippen LogP contribution < -0.4 is 39.3 Å². The second kappa shape index (κ2) is 42.5. The van der Waals surface area contributed by atoms with Crippen LogP contribution in [-0.2, 0) is 29.8 Å². The molecule has 61 heavy (non-hydrogen) atoms. The van der Waals surface area contributed by atoms with Crippen molar-refractivity contribution in [3.63, 3.8) is 0 Å². The Kier molecular flexibility index (Phi) is 46.1. The molecule has 0 fully saturated rings. The molecule has 0 aromatic carbocycles. The van der Waals surface area contributed by atoms with Gasteiger partial charge in [-0.05, 0) is 6.08 Å². The van der Waals surface area contributed by atoms with Gasteiger partial charge in [0.2, 0.25) is 5.91 Å². The fourth-order valence-corrected chi connectivity index (χ4v) is 6.73. The van der Waals surface area contributed by atoms with Gasteiger partial charge in [-0.2, -0.15) is 0 Å². The molecule has 0 aliphatic rings. The van der Waals surface area contributed by atoms with Gasteiger partial charge in [0.15, 0.2) is 0 Å². The molecule has 0 saturated heterocycles. The number of carbonyl (C=O) groups excluding carboxylic acids is 2. The van der Waals surface area contributed by atoms with E-state index >= 15 is 0 Å². The number of nitrogens with zero attached hydrogens (tertiary/aromatic N) is 4. The summed E-state index contributed by atoms with van der Waals surface area (Å²) < 4.78 is 64.4. The van der Waals surface area contributed by atoms with Gasteiger partial charge in [0.1, 0.15) is 5.78 Å². The molecule has 0 unspecified atom stereocenters. The molecule has 0 spiro atoms. The molecule has 0 radical (unpaired) electrons. The van der Waals surface area contributed by atoms with E-state index in [0.29, 0.717) is 100 Å². The number of quaternary nitrogens is 2. The summed E-state index contributed by atoms with van der Waals surface area (Å²) in [5.74, 6) is -0.668. The van der Waals surface area contributed by atoms with Crippen LogP contribution in [-0.4, -0.2) is 220 Å². The summed E-state index contributed by atoms with van der Waals surface area (Å²) in [7, 11) is -0.475. The number of hydrogen-bond donors (Lipinski definition) is 7. The summed E-state index contributed by atoms with van der Waals surface area (Å²) in [5.41, 5.74) is 27.2. The van der Waals surface area contributed by atoms with Crippen molar-refractivity contribution in [2.75, 3.05) is 158 Å². The Balaban J connectivity index is -0.000000404. The van der Waals surface area contributed by atoms with E-state index in [2.05, 4.69) is 46.0 Å². The largest absolute Gasteiger partial charge is 0.748 e. The molecule has 0 saturated carbocycles. The van der Waals surface area contributed by atoms with Crippen molar-refractivity contribution in [2.24, 2.45) is 28.7 Å². The second-order valence-electron chi connectivity index (χ2n) is 15.9. The Hall–Kier alpha value is -1.42. The molecule has 0 rings (SSSR count). The van der Waals surface area contributed by atoms with Crippen molar-refractivity contribution in [3.05, 3.63) is 12.7 Å². The predicted octanol–water partition coefficient (Wildman–Crippen LogP) is -1.58. The zero-order valence-corrected chi connectivity index (χ0v) is 41.0. The van der Waals surface area contributed by atoms with Crippen LogP contribution >= 0.6 is 12.1 Å². The van der Waals surface area contributed by atoms with E-state index in [1.54, 1.807) is 0 Å². The maximum atomic E-state index is 12.0. The standard InChI is InChI=1S/C17H39N5O4S.C10H20N2O4S.C6H18N4.C5H11BS/c1-22(2,15-4-16-27(24,25)26)14-3-5-17(23)6-9-20-10-13-21(11-7-18)12-8-19;1-4-10(13)11-6-8-12(2,3)7-5-9-17(14,15)16;7-1-4-10(5-2-8)6-3-9;1-2-3-4-5-6-7/h20H,3-16,18-19H2,1-2H3;4H,1,5-9H2,2-3H3,(H-,11,13,14,15,16);1-9H2;2-5H2,1H3. The van der Waals surface area contributed by atoms with E-state index in [1.807, 2.05) is 34.3 Å². The fourth-order valence-electron chi connectivity index (χ4n) is 5.60. The Morgan fingerprint density at radius 1 is 0.656 bits per heavy atom. The van der Waals surface area contributed by atoms with E-state index in [4.69, 9.17) is 28.7 Å². The Morgan fingerprint density at radius 2 is 1.08 bits per heavy atom. The molecule has 0 bridgehead atoms. The molecular weight excluding hydrogens is 845 g/mol. The van der Waals surface area contributed by atoms with Crippen LogP contribution in [0.3, 0.4) is 0 Å². The van der Waals surface area contributed by atoms with Crippen molar-refractivity contribution in [1.82, 2.24) is 20.4 Å². The van der Waals surface area contributed by atoms with E-state index in [-0.39, 0.29) is 23.2 Å². The van der Waals surface area contributed by atoms with E-state index < -0.39 is 20.2 Å². The molecule has 0 aliphatic carbocycles. The first-order valence-corrected chi connectivity index (χ1v) is 25.2. The molecule has 1 amide bonds. The van der Waals surface area contributed by atoms with Crippen molar-refractivity contribution in [3.8, 4) is 0 Å². The number of carbonyl (C=O) groups is 2. The molecule has 0 aromatic rings. The third-order valence-electron chi connectivity index (χ3n) is 9.07. The molecular formula is C38H88BN11O8S3. The maximum Gasteiger partial charge on any atom is 0.134 e. The van der Waals surface area contributed by atoms with Crippen molar-refractivity contribution < 1.29 is 44.5 Å². The van der Waals surface area contributed by atoms with Crippen LogP contribution in [0.25, 0.3) is 0 Å². The van der Waals surface area contributed by atoms with Gasteiger partial charge in [0.25, 0.3) is 0 Å². The first-order chi connectivity index (χ1) is 28.5. The van der Waals surface area contributed by atoms with Gasteiger partial charge in [-0.25, -0.2) is 16.8 Å². The Labute approximate surface area is 377 Å². The number of rotatable bonds is 36. The van der Waals surface area contributed by atoms with Gasteiger partial charge in [-0.1, -0.05) is 6.58 Å². The smallest absolute Gasteiger partial charge is 0.134 e. The number of likely N-dealkylation sites (N-methyl/N-ethyl adjacent to an activating group) is 1. The zero-order valence-electron chi connectivity index (χ0n) is 38.5. The summed E-state index contributed by atoms with van der Waals surface area (Å²) >= 11 is 4.64. The van der Waals surface area contributed by atoms with Gasteiger partial charge in [-0.3, -0.25) is 19.4 Å². The van der Waals surface area contributed by atoms with Crippen LogP contribution in [0.5, 0.6) is 0 Å². The second-order valence-corrected chi connectivity index (χ2v) is 19.3. The zero-order chi connectivity index (χ0) is 47.6. The topological polar surface area (TPSA) is 309 Å². The third-order valence-corrected chi connectivity index (χ3v) is 10.9. The van der Waals surface area contributed by atoms with E-state index in [9.17, 15) is 35.5 Å². The Bertz CT molecular complexity index is 1280. The number of nitrogens with one attached hydrogen (secondary N) is 2. The Morgan fingerprint density at radius 3 is 1.48 bits per heavy atom. The minimum absolute atomic E-state index is 0.227. The SMILES string of the molecule is C=CC(=O)NCC[N+](C)(C)CCCS(=O)(=O)[O-].CCCCCB=S.C[N+](C)(CCCC(=O)CCNCCN(CCN)CCN)CCCS(=O)(=O)[O-].NCCN(CCN)CCN. The molecule has 12 N–H and O–H groups in total. The molecule has 0 aromatic heterocycles. The maximum absolute atomic E-state index is 12.0. The first-order valence-electron chi connectivity index (χ1n) is 21.5. The monoisotopic (exact) mass is 934 g/mol. The van der Waals surface area contributed by atoms with Gasteiger partial charge in [0.05, 0.1) is 81.2 Å². The number of unbranched alkanes of at least 4 members (excludes halogenated alkanes) is 2. The van der Waals surface area contributed by atoms with Gasteiger partial charge >= 0.3 is 50.7 Å². The minimum Gasteiger partial charge on any atom is -0.748 e. The minimum atomic E-state index is -4.14. The van der Waals surface area contributed by atoms with E-state index in [0.717, 1.165) is 65.1 Å². The average Bonchev–Trinajstić information content (AvgIpc) is 3.14. The number of hydrogen-bond acceptors (Lipinski definition) is 17. The predicted molar refractivity (Wildman–Crippen MR) is 253 cm³/mol. The summed E-state index contributed by atoms with van der Waals surface area (Å²) in [4.78, 5) is 27.2. The molecule has 364 valence electrons. The fraction of sp³-hybridized carbons (Fsp3) is 0.895. The molecule has 0 aliphatic heterocycles. The van der Waals surface area contributed by atoms with Crippen molar-refractivity contribution in [2.45, 2.75) is 64.6 Å². The van der Waals surface area contributed by atoms with Crippen molar-refractivity contribution >= 4 is 50.1 Å². The van der Waals surface area contributed by atoms with Gasteiger partial charge < -0.3 is 57.4 Å². The summed E-state index contributed by atoms with van der Waals surface area (Å²) in [5, 5.41) is 5.92. The van der Waals surface area contributed by atoms with Crippen LogP contribution in [0.15, 0.2) is 12.7 Å². The normalized spacial score (nSPS) is 11.7. The molecule has 0 heterocycles. The average molecular weight is 934 g/mol. The number of ketones is 1. The number of Topliss-reactive ketones (excluding diaryl/α,β-unsaturated/α-hetero) is 1. The number of nitrogens with two attached hydrogens (primary N) is 5. The van der Waals surface area contributed by atoms with Crippen LogP contribution in [0.4, 0.5) is 0 Å². The quantitative estimate of drug-likeness (QED) is 0.0123. The van der Waals surface area contributed by atoms with Gasteiger partial charge in [0, 0.05) is 129 Å². The van der Waals surface area contributed by atoms with Crippen LogP contribution in [0, 0.1) is 0 Å². The summed E-state index contributed by atoms with van der Waals surface area (Å²) in [6.45, 7) is 18.6. The van der Waals surface area contributed by atoms with E-state index in [1.165, 1.54) is 25.3 Å². The summed E-state index contributed by atoms with van der Waals surface area (Å²) in [6, 6.07) is 0. The third kappa shape index (κ3) is 56.6.